The largest absolute Gasteiger partial charge is 0.489 e. The van der Waals surface area contributed by atoms with E-state index in [1.807, 2.05) is 54.6 Å². The molecular formula is C22H20N4OS. The minimum absolute atomic E-state index is 0.555. The lowest BCUT2D eigenvalue weighted by molar-refractivity contribution is 0.306. The average Bonchev–Trinajstić information content (AvgIpc) is 3.03. The van der Waals surface area contributed by atoms with Gasteiger partial charge in [0.1, 0.15) is 23.5 Å². The highest BCUT2D eigenvalue weighted by Crippen LogP contribution is 2.32. The predicted molar refractivity (Wildman–Crippen MR) is 115 cm³/mol. The van der Waals surface area contributed by atoms with Gasteiger partial charge in [0.05, 0.1) is 11.6 Å². The third kappa shape index (κ3) is 4.02. The van der Waals surface area contributed by atoms with E-state index in [0.29, 0.717) is 6.61 Å². The molecule has 28 heavy (non-hydrogen) atoms. The molecule has 0 saturated carbocycles. The topological polar surface area (TPSA) is 59.4 Å². The first-order valence-electron chi connectivity index (χ1n) is 8.97. The Morgan fingerprint density at radius 3 is 2.61 bits per heavy atom. The molecule has 1 N–H and O–H groups in total. The van der Waals surface area contributed by atoms with Gasteiger partial charge in [0.2, 0.25) is 0 Å². The third-order valence-electron chi connectivity index (χ3n) is 4.48. The van der Waals surface area contributed by atoms with Crippen molar-refractivity contribution in [1.29, 1.82) is 0 Å². The summed E-state index contributed by atoms with van der Waals surface area (Å²) in [5.41, 5.74) is 6.36. The number of nitrogens with zero attached hydrogens (tertiary/aromatic N) is 3. The molecule has 0 radical (unpaired) electrons. The van der Waals surface area contributed by atoms with Gasteiger partial charge in [-0.25, -0.2) is 9.97 Å². The molecule has 4 rings (SSSR count). The van der Waals surface area contributed by atoms with Crippen molar-refractivity contribution < 1.29 is 4.74 Å². The zero-order chi connectivity index (χ0) is 19.3. The first kappa shape index (κ1) is 18.1. The van der Waals surface area contributed by atoms with E-state index in [4.69, 9.17) is 4.74 Å². The lowest BCUT2D eigenvalue weighted by Crippen LogP contribution is -1.96. The van der Waals surface area contributed by atoms with Crippen LogP contribution in [0.2, 0.25) is 0 Å². The van der Waals surface area contributed by atoms with Crippen LogP contribution in [0.5, 0.6) is 5.75 Å². The summed E-state index contributed by atoms with van der Waals surface area (Å²) >= 11 is 1.67. The summed E-state index contributed by atoms with van der Waals surface area (Å²) in [5, 5.41) is 5.37. The lowest BCUT2D eigenvalue weighted by atomic mass is 10.2. The first-order valence-corrected chi connectivity index (χ1v) is 9.79. The van der Waals surface area contributed by atoms with E-state index in [9.17, 15) is 0 Å². The standard InChI is InChI=1S/C22H20N4OS/c1-15-16(2)28-22-20(15)21(23-14-24-22)26-25-12-17-8-10-19(11-9-17)27-13-18-6-4-3-5-7-18/h3-12,14H,13H2,1-2H3,(H,23,24,26)/b25-12+. The number of hydrogen-bond acceptors (Lipinski definition) is 6. The van der Waals surface area contributed by atoms with Crippen molar-refractivity contribution in [2.45, 2.75) is 20.5 Å². The van der Waals surface area contributed by atoms with Gasteiger partial charge in [-0.2, -0.15) is 5.10 Å². The van der Waals surface area contributed by atoms with Gasteiger partial charge in [0, 0.05) is 4.88 Å². The van der Waals surface area contributed by atoms with Crippen molar-refractivity contribution in [3.63, 3.8) is 0 Å². The van der Waals surface area contributed by atoms with Crippen LogP contribution in [-0.2, 0) is 6.61 Å². The van der Waals surface area contributed by atoms with Crippen LogP contribution in [0.15, 0.2) is 66.0 Å². The normalized spacial score (nSPS) is 11.2. The molecule has 2 heterocycles. The summed E-state index contributed by atoms with van der Waals surface area (Å²) in [7, 11) is 0. The zero-order valence-electron chi connectivity index (χ0n) is 15.7. The van der Waals surface area contributed by atoms with Gasteiger partial charge in [-0.3, -0.25) is 5.43 Å². The van der Waals surface area contributed by atoms with Crippen molar-refractivity contribution in [2.75, 3.05) is 5.43 Å². The highest BCUT2D eigenvalue weighted by molar-refractivity contribution is 7.18. The number of aryl methyl sites for hydroxylation is 2. The molecule has 0 atom stereocenters. The SMILES string of the molecule is Cc1sc2ncnc(N/N=C/c3ccc(OCc4ccccc4)cc3)c2c1C. The Morgan fingerprint density at radius 1 is 1.04 bits per heavy atom. The molecule has 0 unspecified atom stereocenters. The molecule has 0 aliphatic rings. The monoisotopic (exact) mass is 388 g/mol. The van der Waals surface area contributed by atoms with E-state index >= 15 is 0 Å². The number of fused-ring (bicyclic) bond motifs is 1. The van der Waals surface area contributed by atoms with Crippen LogP contribution in [0.25, 0.3) is 10.2 Å². The molecule has 0 bridgehead atoms. The molecule has 0 amide bonds. The number of rotatable bonds is 6. The minimum atomic E-state index is 0.555. The Hall–Kier alpha value is -3.25. The second kappa shape index (κ2) is 8.19. The summed E-state index contributed by atoms with van der Waals surface area (Å²) in [4.78, 5) is 10.9. The van der Waals surface area contributed by atoms with E-state index in [1.165, 1.54) is 10.4 Å². The van der Waals surface area contributed by atoms with E-state index < -0.39 is 0 Å². The van der Waals surface area contributed by atoms with Crippen molar-refractivity contribution in [1.82, 2.24) is 9.97 Å². The fourth-order valence-corrected chi connectivity index (χ4v) is 3.82. The van der Waals surface area contributed by atoms with Crippen LogP contribution in [0.4, 0.5) is 5.82 Å². The molecule has 0 saturated heterocycles. The van der Waals surface area contributed by atoms with Crippen LogP contribution >= 0.6 is 11.3 Å². The maximum Gasteiger partial charge on any atom is 0.158 e. The Kier molecular flexibility index (Phi) is 5.30. The van der Waals surface area contributed by atoms with Gasteiger partial charge < -0.3 is 4.74 Å². The highest BCUT2D eigenvalue weighted by Gasteiger charge is 2.11. The van der Waals surface area contributed by atoms with Crippen LogP contribution in [0, 0.1) is 13.8 Å². The Labute approximate surface area is 167 Å². The third-order valence-corrected chi connectivity index (χ3v) is 5.59. The van der Waals surface area contributed by atoms with Gasteiger partial charge in [-0.05, 0) is 54.8 Å². The Morgan fingerprint density at radius 2 is 1.82 bits per heavy atom. The molecule has 4 aromatic rings. The molecule has 0 aliphatic carbocycles. The van der Waals surface area contributed by atoms with Gasteiger partial charge in [0.15, 0.2) is 5.82 Å². The number of anilines is 1. The van der Waals surface area contributed by atoms with E-state index in [1.54, 1.807) is 23.9 Å². The van der Waals surface area contributed by atoms with Crippen molar-refractivity contribution >= 4 is 33.6 Å². The van der Waals surface area contributed by atoms with E-state index in [-0.39, 0.29) is 0 Å². The van der Waals surface area contributed by atoms with Crippen LogP contribution in [0.3, 0.4) is 0 Å². The molecule has 0 fully saturated rings. The minimum Gasteiger partial charge on any atom is -0.489 e. The van der Waals surface area contributed by atoms with E-state index in [0.717, 1.165) is 32.9 Å². The van der Waals surface area contributed by atoms with Gasteiger partial charge in [0.25, 0.3) is 0 Å². The smallest absolute Gasteiger partial charge is 0.158 e. The number of hydrazone groups is 1. The molecular weight excluding hydrogens is 368 g/mol. The van der Waals surface area contributed by atoms with Crippen LogP contribution in [0.1, 0.15) is 21.6 Å². The summed E-state index contributed by atoms with van der Waals surface area (Å²) in [6.45, 7) is 4.73. The van der Waals surface area contributed by atoms with Crippen molar-refractivity contribution in [3.05, 3.63) is 82.5 Å². The molecule has 0 aliphatic heterocycles. The summed E-state index contributed by atoms with van der Waals surface area (Å²) < 4.78 is 5.81. The van der Waals surface area contributed by atoms with Gasteiger partial charge in [-0.15, -0.1) is 11.3 Å². The summed E-state index contributed by atoms with van der Waals surface area (Å²) in [6, 6.07) is 18.0. The average molecular weight is 388 g/mol. The van der Waals surface area contributed by atoms with Crippen LogP contribution in [-0.4, -0.2) is 16.2 Å². The fraction of sp³-hybridized carbons (Fsp3) is 0.136. The zero-order valence-corrected chi connectivity index (χ0v) is 16.5. The second-order valence-corrected chi connectivity index (χ2v) is 7.60. The summed E-state index contributed by atoms with van der Waals surface area (Å²) in [6.07, 6.45) is 3.33. The van der Waals surface area contributed by atoms with Gasteiger partial charge >= 0.3 is 0 Å². The Balaban J connectivity index is 1.40. The number of thiophene rings is 1. The quantitative estimate of drug-likeness (QED) is 0.358. The molecule has 2 aromatic heterocycles. The molecule has 5 nitrogen and oxygen atoms in total. The fourth-order valence-electron chi connectivity index (χ4n) is 2.83. The van der Waals surface area contributed by atoms with E-state index in [2.05, 4.69) is 34.3 Å². The number of ether oxygens (including phenoxy) is 1. The molecule has 6 heteroatoms. The number of hydrogen-bond donors (Lipinski definition) is 1. The highest BCUT2D eigenvalue weighted by atomic mass is 32.1. The number of nitrogens with one attached hydrogen (secondary N) is 1. The van der Waals surface area contributed by atoms with Gasteiger partial charge in [-0.1, -0.05) is 30.3 Å². The first-order chi connectivity index (χ1) is 13.7. The summed E-state index contributed by atoms with van der Waals surface area (Å²) in [5.74, 6) is 1.56. The lowest BCUT2D eigenvalue weighted by Gasteiger charge is -2.06. The predicted octanol–water partition coefficient (Wildman–Crippen LogP) is 5.33. The molecule has 0 spiro atoms. The second-order valence-electron chi connectivity index (χ2n) is 6.40. The Bertz CT molecular complexity index is 1100. The molecule has 2 aromatic carbocycles. The maximum atomic E-state index is 5.81. The van der Waals surface area contributed by atoms with Crippen LogP contribution < -0.4 is 10.2 Å². The van der Waals surface area contributed by atoms with Crippen molar-refractivity contribution in [3.8, 4) is 5.75 Å². The molecule has 140 valence electrons. The van der Waals surface area contributed by atoms with Crippen molar-refractivity contribution in [2.24, 2.45) is 5.10 Å². The number of aromatic nitrogens is 2. The number of benzene rings is 2. The maximum absolute atomic E-state index is 5.81.